The van der Waals surface area contributed by atoms with Crippen LogP contribution >= 0.6 is 0 Å². The van der Waals surface area contributed by atoms with Gasteiger partial charge in [0, 0.05) is 6.07 Å². The first-order valence-electron chi connectivity index (χ1n) is 5.61. The van der Waals surface area contributed by atoms with Crippen molar-refractivity contribution in [1.29, 1.82) is 0 Å². The molecule has 0 spiro atoms. The fourth-order valence-electron chi connectivity index (χ4n) is 1.65. The van der Waals surface area contributed by atoms with Crippen LogP contribution < -0.4 is 9.88 Å². The number of ether oxygens (including phenoxy) is 1. The molecule has 2 rings (SSSR count). The molecule has 8 heteroatoms. The third kappa shape index (κ3) is 3.36. The number of hydrogen-bond acceptors (Lipinski definition) is 4. The van der Waals surface area contributed by atoms with E-state index in [1.165, 1.54) is 24.3 Å². The van der Waals surface area contributed by atoms with Gasteiger partial charge in [0.25, 0.3) is 0 Å². The van der Waals surface area contributed by atoms with Gasteiger partial charge >= 0.3 is 5.97 Å². The van der Waals surface area contributed by atoms with E-state index < -0.39 is 21.8 Å². The number of nitrogens with two attached hydrogens (primary N) is 1. The normalized spacial score (nSPS) is 11.1. The second-order valence-electron chi connectivity index (χ2n) is 4.04. The molecule has 2 aromatic rings. The van der Waals surface area contributed by atoms with E-state index in [1.54, 1.807) is 0 Å². The molecule has 0 aliphatic rings. The Morgan fingerprint density at radius 2 is 1.81 bits per heavy atom. The third-order valence-electron chi connectivity index (χ3n) is 2.55. The lowest BCUT2D eigenvalue weighted by molar-refractivity contribution is 0.0694. The number of para-hydroxylation sites is 1. The molecule has 0 heterocycles. The molecular formula is C13H10FNO5S. The van der Waals surface area contributed by atoms with Crippen molar-refractivity contribution in [2.24, 2.45) is 5.14 Å². The Labute approximate surface area is 119 Å². The van der Waals surface area contributed by atoms with E-state index in [1.807, 2.05) is 0 Å². The molecule has 6 nitrogen and oxygen atoms in total. The molecule has 2 aromatic carbocycles. The first kappa shape index (κ1) is 14.9. The third-order valence-corrected chi connectivity index (χ3v) is 3.50. The Hall–Kier alpha value is -2.45. The maximum Gasteiger partial charge on any atom is 0.339 e. The highest BCUT2D eigenvalue weighted by molar-refractivity contribution is 7.89. The lowest BCUT2D eigenvalue weighted by atomic mass is 10.2. The Kier molecular flexibility index (Phi) is 3.92. The second kappa shape index (κ2) is 5.51. The number of benzene rings is 2. The number of hydrogen-bond donors (Lipinski definition) is 2. The minimum absolute atomic E-state index is 0.187. The molecule has 0 aliphatic carbocycles. The molecule has 0 unspecified atom stereocenters. The lowest BCUT2D eigenvalue weighted by Crippen LogP contribution is -2.13. The smallest absolute Gasteiger partial charge is 0.339 e. The van der Waals surface area contributed by atoms with Crippen molar-refractivity contribution >= 4 is 16.0 Å². The minimum Gasteiger partial charge on any atom is -0.478 e. The van der Waals surface area contributed by atoms with Crippen molar-refractivity contribution in [3.63, 3.8) is 0 Å². The lowest BCUT2D eigenvalue weighted by Gasteiger charge is -2.11. The number of primary sulfonamides is 1. The predicted molar refractivity (Wildman–Crippen MR) is 71.2 cm³/mol. The average molecular weight is 311 g/mol. The summed E-state index contributed by atoms with van der Waals surface area (Å²) in [6, 6.07) is 8.22. The highest BCUT2D eigenvalue weighted by Crippen LogP contribution is 2.30. The van der Waals surface area contributed by atoms with Gasteiger partial charge in [0.15, 0.2) is 0 Å². The van der Waals surface area contributed by atoms with E-state index in [4.69, 9.17) is 15.0 Å². The van der Waals surface area contributed by atoms with Crippen molar-refractivity contribution in [3.8, 4) is 11.5 Å². The van der Waals surface area contributed by atoms with Gasteiger partial charge in [-0.3, -0.25) is 0 Å². The number of carboxylic acid groups (broad SMARTS) is 1. The van der Waals surface area contributed by atoms with E-state index in [9.17, 15) is 17.6 Å². The molecule has 0 radical (unpaired) electrons. The second-order valence-corrected chi connectivity index (χ2v) is 5.57. The number of halogens is 1. The molecule has 0 amide bonds. The number of carboxylic acids is 1. The van der Waals surface area contributed by atoms with Crippen LogP contribution in [0.4, 0.5) is 4.39 Å². The summed E-state index contributed by atoms with van der Waals surface area (Å²) in [4.78, 5) is 10.7. The van der Waals surface area contributed by atoms with E-state index in [0.29, 0.717) is 0 Å². The molecule has 0 bridgehead atoms. The van der Waals surface area contributed by atoms with Gasteiger partial charge in [0.2, 0.25) is 10.0 Å². The molecule has 3 N–H and O–H groups in total. The first-order valence-corrected chi connectivity index (χ1v) is 7.16. The standard InChI is InChI=1S/C13H10FNO5S/c14-8-5-6-9(13(16)17)11(7-8)20-10-3-1-2-4-12(10)21(15,18)19/h1-7H,(H,16,17)(H2,15,18,19). The summed E-state index contributed by atoms with van der Waals surface area (Å²) in [5.41, 5.74) is -0.305. The summed E-state index contributed by atoms with van der Waals surface area (Å²) in [5, 5.41) is 14.1. The van der Waals surface area contributed by atoms with Crippen LogP contribution in [-0.2, 0) is 10.0 Å². The molecule has 0 aliphatic heterocycles. The van der Waals surface area contributed by atoms with Gasteiger partial charge in [0.05, 0.1) is 0 Å². The van der Waals surface area contributed by atoms with Gasteiger partial charge in [0.1, 0.15) is 27.8 Å². The van der Waals surface area contributed by atoms with Gasteiger partial charge in [-0.1, -0.05) is 12.1 Å². The molecule has 0 atom stereocenters. The number of carbonyl (C=O) groups is 1. The zero-order valence-electron chi connectivity index (χ0n) is 10.5. The molecule has 0 aromatic heterocycles. The Bertz CT molecular complexity index is 804. The molecule has 110 valence electrons. The van der Waals surface area contributed by atoms with Crippen LogP contribution in [0.3, 0.4) is 0 Å². The first-order chi connectivity index (χ1) is 9.79. The zero-order chi connectivity index (χ0) is 15.6. The Balaban J connectivity index is 2.54. The molecule has 0 saturated heterocycles. The maximum absolute atomic E-state index is 13.2. The van der Waals surface area contributed by atoms with Gasteiger partial charge in [-0.25, -0.2) is 22.7 Å². The monoisotopic (exact) mass is 311 g/mol. The molecule has 21 heavy (non-hydrogen) atoms. The highest BCUT2D eigenvalue weighted by Gasteiger charge is 2.18. The summed E-state index contributed by atoms with van der Waals surface area (Å²) < 4.78 is 41.3. The van der Waals surface area contributed by atoms with Crippen molar-refractivity contribution in [3.05, 3.63) is 53.8 Å². The number of sulfonamides is 1. The zero-order valence-corrected chi connectivity index (χ0v) is 11.3. The summed E-state index contributed by atoms with van der Waals surface area (Å²) in [6.45, 7) is 0. The summed E-state index contributed by atoms with van der Waals surface area (Å²) in [6.07, 6.45) is 0. The van der Waals surface area contributed by atoms with Crippen molar-refractivity contribution < 1.29 is 27.4 Å². The van der Waals surface area contributed by atoms with E-state index >= 15 is 0 Å². The van der Waals surface area contributed by atoms with Crippen LogP contribution in [0.5, 0.6) is 11.5 Å². The largest absolute Gasteiger partial charge is 0.478 e. The van der Waals surface area contributed by atoms with Gasteiger partial charge in [-0.2, -0.15) is 0 Å². The van der Waals surface area contributed by atoms with Crippen molar-refractivity contribution in [2.75, 3.05) is 0 Å². The van der Waals surface area contributed by atoms with E-state index in [-0.39, 0.29) is 22.0 Å². The van der Waals surface area contributed by atoms with E-state index in [2.05, 4.69) is 0 Å². The highest BCUT2D eigenvalue weighted by atomic mass is 32.2. The minimum atomic E-state index is -4.06. The van der Waals surface area contributed by atoms with Crippen LogP contribution in [0.2, 0.25) is 0 Å². The van der Waals surface area contributed by atoms with Crippen LogP contribution in [-0.4, -0.2) is 19.5 Å². The Morgan fingerprint density at radius 3 is 2.43 bits per heavy atom. The number of aromatic carboxylic acids is 1. The van der Waals surface area contributed by atoms with Crippen molar-refractivity contribution in [2.45, 2.75) is 4.90 Å². The molecular weight excluding hydrogens is 301 g/mol. The van der Waals surface area contributed by atoms with Crippen LogP contribution in [0.1, 0.15) is 10.4 Å². The van der Waals surface area contributed by atoms with Crippen LogP contribution in [0, 0.1) is 5.82 Å². The quantitative estimate of drug-likeness (QED) is 0.897. The van der Waals surface area contributed by atoms with Gasteiger partial charge in [-0.05, 0) is 24.3 Å². The maximum atomic E-state index is 13.2. The fourth-order valence-corrected chi connectivity index (χ4v) is 2.30. The fraction of sp³-hybridized carbons (Fsp3) is 0. The topological polar surface area (TPSA) is 107 Å². The van der Waals surface area contributed by atoms with Crippen LogP contribution in [0.15, 0.2) is 47.4 Å². The van der Waals surface area contributed by atoms with Crippen LogP contribution in [0.25, 0.3) is 0 Å². The average Bonchev–Trinajstić information content (AvgIpc) is 2.37. The summed E-state index contributed by atoms with van der Waals surface area (Å²) in [7, 11) is -4.06. The summed E-state index contributed by atoms with van der Waals surface area (Å²) >= 11 is 0. The number of rotatable bonds is 4. The predicted octanol–water partition coefficient (Wildman–Crippen LogP) is 1.96. The molecule has 0 fully saturated rings. The van der Waals surface area contributed by atoms with Gasteiger partial charge in [-0.15, -0.1) is 0 Å². The molecule has 0 saturated carbocycles. The van der Waals surface area contributed by atoms with Gasteiger partial charge < -0.3 is 9.84 Å². The SMILES string of the molecule is NS(=O)(=O)c1ccccc1Oc1cc(F)ccc1C(=O)O. The van der Waals surface area contributed by atoms with E-state index in [0.717, 1.165) is 18.2 Å². The Morgan fingerprint density at radius 1 is 1.14 bits per heavy atom. The summed E-state index contributed by atoms with van der Waals surface area (Å²) in [5.74, 6) is -2.56. The van der Waals surface area contributed by atoms with Crippen molar-refractivity contribution in [1.82, 2.24) is 0 Å².